The molecule has 0 spiro atoms. The number of ether oxygens (including phenoxy) is 1. The van der Waals surface area contributed by atoms with Gasteiger partial charge in [0.15, 0.2) is 11.5 Å². The van der Waals surface area contributed by atoms with E-state index in [4.69, 9.17) is 11.3 Å². The van der Waals surface area contributed by atoms with Crippen LogP contribution in [0.3, 0.4) is 0 Å². The maximum atomic E-state index is 13.6. The fourth-order valence-corrected chi connectivity index (χ4v) is 5.42. The number of rotatable bonds is 12. The predicted octanol–water partition coefficient (Wildman–Crippen LogP) is 6.85. The Morgan fingerprint density at radius 1 is 1.10 bits per heavy atom. The summed E-state index contributed by atoms with van der Waals surface area (Å²) < 4.78 is 47.3. The third-order valence-corrected chi connectivity index (χ3v) is 7.49. The van der Waals surface area contributed by atoms with Crippen LogP contribution in [-0.4, -0.2) is 35.9 Å². The SMILES string of the molecule is [C-]#[N+]c1cc(CN(Cc2cc3c(cc2N(CC)CCCCC(=O)OC)CCC3)c2ccn(C)n2)cc(C(F)(F)F)c1. The van der Waals surface area contributed by atoms with E-state index in [1.165, 1.54) is 24.3 Å². The maximum absolute atomic E-state index is 13.6. The second-order valence-electron chi connectivity index (χ2n) is 10.4. The van der Waals surface area contributed by atoms with E-state index in [9.17, 15) is 18.0 Å². The molecule has 0 fully saturated rings. The third-order valence-electron chi connectivity index (χ3n) is 7.49. The lowest BCUT2D eigenvalue weighted by molar-refractivity contribution is -0.140. The fourth-order valence-electron chi connectivity index (χ4n) is 5.42. The minimum Gasteiger partial charge on any atom is -0.469 e. The zero-order chi connectivity index (χ0) is 29.6. The van der Waals surface area contributed by atoms with Gasteiger partial charge in [-0.2, -0.15) is 18.3 Å². The molecule has 218 valence electrons. The Bertz CT molecular complexity index is 1410. The molecule has 0 bridgehead atoms. The normalized spacial score (nSPS) is 12.6. The number of nitrogens with zero attached hydrogens (tertiary/aromatic N) is 5. The van der Waals surface area contributed by atoms with Gasteiger partial charge in [-0.05, 0) is 79.5 Å². The Hall–Kier alpha value is -4.00. The number of halogens is 3. The quantitative estimate of drug-likeness (QED) is 0.136. The van der Waals surface area contributed by atoms with Crippen LogP contribution in [0.2, 0.25) is 0 Å². The first-order valence-corrected chi connectivity index (χ1v) is 13.9. The number of unbranched alkanes of at least 4 members (excludes halogenated alkanes) is 1. The maximum Gasteiger partial charge on any atom is 0.415 e. The Kier molecular flexibility index (Phi) is 9.58. The minimum absolute atomic E-state index is 0.0434. The number of fused-ring (bicyclic) bond motifs is 1. The molecule has 10 heteroatoms. The number of carbonyl (C=O) groups is 1. The zero-order valence-electron chi connectivity index (χ0n) is 23.8. The lowest BCUT2D eigenvalue weighted by Crippen LogP contribution is -2.28. The summed E-state index contributed by atoms with van der Waals surface area (Å²) in [6, 6.07) is 9.87. The highest BCUT2D eigenvalue weighted by Crippen LogP contribution is 2.35. The van der Waals surface area contributed by atoms with Crippen LogP contribution < -0.4 is 9.80 Å². The van der Waals surface area contributed by atoms with Crippen molar-refractivity contribution in [2.75, 3.05) is 30.0 Å². The number of methoxy groups -OCH3 is 1. The standard InChI is InChI=1S/C31H36F3N5O2/c1-5-38(13-7-6-11-30(40)41-4)28-18-24-10-8-9-23(24)17-25(28)21-39(29-12-14-37(3)36-29)20-22-15-26(31(32,33)34)19-27(16-22)35-2/h12,14-19H,5-11,13,20-21H2,1,3-4H3. The molecular weight excluding hydrogens is 531 g/mol. The van der Waals surface area contributed by atoms with Crippen LogP contribution >= 0.6 is 0 Å². The van der Waals surface area contributed by atoms with Crippen molar-refractivity contribution >= 4 is 23.2 Å². The first-order chi connectivity index (χ1) is 19.6. The van der Waals surface area contributed by atoms with Crippen LogP contribution in [-0.2, 0) is 48.7 Å². The number of hydrogen-bond acceptors (Lipinski definition) is 5. The predicted molar refractivity (Wildman–Crippen MR) is 153 cm³/mol. The van der Waals surface area contributed by atoms with Crippen LogP contribution in [0, 0.1) is 6.57 Å². The Morgan fingerprint density at radius 3 is 2.49 bits per heavy atom. The van der Waals surface area contributed by atoms with Crippen molar-refractivity contribution in [3.8, 4) is 0 Å². The smallest absolute Gasteiger partial charge is 0.415 e. The first kappa shape index (κ1) is 30.0. The number of carbonyl (C=O) groups excluding carboxylic acids is 1. The minimum atomic E-state index is -4.55. The van der Waals surface area contributed by atoms with E-state index in [-0.39, 0.29) is 18.2 Å². The lowest BCUT2D eigenvalue weighted by Gasteiger charge is -2.30. The van der Waals surface area contributed by atoms with Gasteiger partial charge in [-0.15, -0.1) is 0 Å². The third kappa shape index (κ3) is 7.60. The van der Waals surface area contributed by atoms with Gasteiger partial charge in [0.25, 0.3) is 0 Å². The molecule has 1 heterocycles. The largest absolute Gasteiger partial charge is 0.469 e. The molecule has 0 unspecified atom stereocenters. The molecule has 1 aliphatic carbocycles. The molecule has 0 radical (unpaired) electrons. The van der Waals surface area contributed by atoms with Gasteiger partial charge in [0, 0.05) is 63.2 Å². The summed E-state index contributed by atoms with van der Waals surface area (Å²) >= 11 is 0. The van der Waals surface area contributed by atoms with Crippen LogP contribution in [0.15, 0.2) is 42.6 Å². The van der Waals surface area contributed by atoms with E-state index in [0.29, 0.717) is 24.3 Å². The fraction of sp³-hybridized carbons (Fsp3) is 0.452. The summed E-state index contributed by atoms with van der Waals surface area (Å²) in [6.07, 6.45) is 2.31. The van der Waals surface area contributed by atoms with Crippen LogP contribution in [0.25, 0.3) is 4.85 Å². The van der Waals surface area contributed by atoms with E-state index in [2.05, 4.69) is 33.9 Å². The second kappa shape index (κ2) is 13.1. The Labute approximate surface area is 239 Å². The number of esters is 1. The lowest BCUT2D eigenvalue weighted by atomic mass is 10.0. The Morgan fingerprint density at radius 2 is 1.85 bits per heavy atom. The summed E-state index contributed by atoms with van der Waals surface area (Å²) in [4.78, 5) is 19.1. The summed E-state index contributed by atoms with van der Waals surface area (Å²) in [5, 5.41) is 4.57. The van der Waals surface area contributed by atoms with Crippen molar-refractivity contribution in [2.45, 2.75) is 64.7 Å². The van der Waals surface area contributed by atoms with E-state index in [1.807, 2.05) is 17.2 Å². The van der Waals surface area contributed by atoms with Crippen LogP contribution in [0.5, 0.6) is 0 Å². The van der Waals surface area contributed by atoms with E-state index in [1.54, 1.807) is 11.7 Å². The summed E-state index contributed by atoms with van der Waals surface area (Å²) in [7, 11) is 3.20. The highest BCUT2D eigenvalue weighted by molar-refractivity contribution is 5.69. The van der Waals surface area contributed by atoms with E-state index >= 15 is 0 Å². The zero-order valence-corrected chi connectivity index (χ0v) is 23.8. The summed E-state index contributed by atoms with van der Waals surface area (Å²) in [6.45, 7) is 11.6. The van der Waals surface area contributed by atoms with Crippen LogP contribution in [0.4, 0.5) is 30.4 Å². The molecule has 0 aliphatic heterocycles. The topological polar surface area (TPSA) is 55.0 Å². The molecule has 7 nitrogen and oxygen atoms in total. The molecule has 2 aromatic carbocycles. The second-order valence-corrected chi connectivity index (χ2v) is 10.4. The molecule has 41 heavy (non-hydrogen) atoms. The van der Waals surface area contributed by atoms with Gasteiger partial charge in [-0.3, -0.25) is 9.48 Å². The van der Waals surface area contributed by atoms with Gasteiger partial charge >= 0.3 is 12.1 Å². The molecule has 0 saturated carbocycles. The highest BCUT2D eigenvalue weighted by Gasteiger charge is 2.31. The highest BCUT2D eigenvalue weighted by atomic mass is 19.4. The van der Waals surface area contributed by atoms with Crippen molar-refractivity contribution in [3.63, 3.8) is 0 Å². The summed E-state index contributed by atoms with van der Waals surface area (Å²) in [5.41, 5.74) is 4.33. The number of hydrogen-bond donors (Lipinski definition) is 0. The van der Waals surface area contributed by atoms with E-state index in [0.717, 1.165) is 68.6 Å². The number of anilines is 2. The van der Waals surface area contributed by atoms with Crippen molar-refractivity contribution in [1.29, 1.82) is 0 Å². The van der Waals surface area contributed by atoms with Crippen molar-refractivity contribution in [3.05, 3.63) is 81.8 Å². The first-order valence-electron chi connectivity index (χ1n) is 13.9. The molecule has 0 N–H and O–H groups in total. The van der Waals surface area contributed by atoms with Crippen LogP contribution in [0.1, 0.15) is 60.4 Å². The molecule has 0 amide bonds. The van der Waals surface area contributed by atoms with E-state index < -0.39 is 11.7 Å². The molecule has 1 aliphatic rings. The van der Waals surface area contributed by atoms with Crippen molar-refractivity contribution in [1.82, 2.24) is 9.78 Å². The molecule has 3 aromatic rings. The number of aryl methyl sites for hydroxylation is 3. The number of aromatic nitrogens is 2. The number of alkyl halides is 3. The van der Waals surface area contributed by atoms with Gasteiger partial charge in [0.2, 0.25) is 0 Å². The van der Waals surface area contributed by atoms with Gasteiger partial charge in [0.1, 0.15) is 0 Å². The van der Waals surface area contributed by atoms with Crippen molar-refractivity contribution < 1.29 is 22.7 Å². The monoisotopic (exact) mass is 567 g/mol. The molecular formula is C31H36F3N5O2. The molecule has 0 atom stereocenters. The van der Waals surface area contributed by atoms with Gasteiger partial charge in [-0.25, -0.2) is 4.85 Å². The Balaban J connectivity index is 1.68. The summed E-state index contributed by atoms with van der Waals surface area (Å²) in [5.74, 6) is 0.426. The van der Waals surface area contributed by atoms with Gasteiger partial charge in [-0.1, -0.05) is 12.1 Å². The average molecular weight is 568 g/mol. The molecule has 0 saturated heterocycles. The molecule has 4 rings (SSSR count). The van der Waals surface area contributed by atoms with Crippen molar-refractivity contribution in [2.24, 2.45) is 7.05 Å². The van der Waals surface area contributed by atoms with Gasteiger partial charge in [0.05, 0.1) is 13.7 Å². The number of benzene rings is 2. The van der Waals surface area contributed by atoms with Gasteiger partial charge < -0.3 is 14.5 Å². The molecule has 1 aromatic heterocycles. The average Bonchev–Trinajstić information content (AvgIpc) is 3.60.